The molecule has 0 saturated carbocycles. The topological polar surface area (TPSA) is 126 Å². The van der Waals surface area contributed by atoms with Crippen LogP contribution in [0.1, 0.15) is 23.4 Å². The van der Waals surface area contributed by atoms with Crippen LogP contribution in [0, 0.1) is 20.8 Å². The molecular formula is C28H33ClF2N6O5. The van der Waals surface area contributed by atoms with Crippen molar-refractivity contribution >= 4 is 23.5 Å². The number of carbonyl (C=O) groups excluding carboxylic acids is 1. The van der Waals surface area contributed by atoms with E-state index in [2.05, 4.69) is 10.5 Å². The van der Waals surface area contributed by atoms with Crippen molar-refractivity contribution in [3.63, 3.8) is 0 Å². The zero-order chi connectivity index (χ0) is 30.1. The fourth-order valence-corrected chi connectivity index (χ4v) is 5.68. The minimum Gasteiger partial charge on any atom is -0.491 e. The first-order valence-corrected chi connectivity index (χ1v) is 14.0. The summed E-state index contributed by atoms with van der Waals surface area (Å²) >= 11 is 6.65. The predicted molar refractivity (Wildman–Crippen MR) is 151 cm³/mol. The van der Waals surface area contributed by atoms with Gasteiger partial charge in [0.15, 0.2) is 5.82 Å². The molecule has 2 saturated heterocycles. The standard InChI is InChI=1S/C28H33ClF2N6O5/c1-14-25(24-15(2)35-42-16(24)3)33-26(21-8-19(5-6-22(21)29)40-13-18(38)9-32-4)34-27(14)37-11-20-7-17(37)10-36(12-23(30)31)28(39)41-20/h5-6,8,17-18,20,23,32,38H,7,9-13H2,1-4H3/t17-,18+,20-/m0/s1. The number of anilines is 1. The lowest BCUT2D eigenvalue weighted by molar-refractivity contribution is 0.0512. The van der Waals surface area contributed by atoms with Crippen LogP contribution in [0.2, 0.25) is 5.02 Å². The van der Waals surface area contributed by atoms with Crippen molar-refractivity contribution in [2.45, 2.75) is 51.9 Å². The van der Waals surface area contributed by atoms with E-state index in [0.717, 1.165) is 10.5 Å². The molecule has 2 aromatic heterocycles. The van der Waals surface area contributed by atoms with Crippen molar-refractivity contribution < 1.29 is 32.7 Å². The molecule has 226 valence electrons. The zero-order valence-electron chi connectivity index (χ0n) is 23.7. The molecule has 2 aliphatic rings. The summed E-state index contributed by atoms with van der Waals surface area (Å²) in [5.74, 6) is 1.90. The number of aryl methyl sites for hydroxylation is 2. The number of amides is 1. The van der Waals surface area contributed by atoms with Crippen LogP contribution in [0.4, 0.5) is 19.4 Å². The number of halogens is 3. The second-order valence-corrected chi connectivity index (χ2v) is 11.0. The van der Waals surface area contributed by atoms with E-state index in [1.54, 1.807) is 32.2 Å². The van der Waals surface area contributed by atoms with E-state index < -0.39 is 31.3 Å². The van der Waals surface area contributed by atoms with Crippen LogP contribution in [0.25, 0.3) is 22.6 Å². The lowest BCUT2D eigenvalue weighted by Gasteiger charge is -2.33. The number of carbonyl (C=O) groups is 1. The van der Waals surface area contributed by atoms with E-state index in [1.165, 1.54) is 0 Å². The van der Waals surface area contributed by atoms with Crippen LogP contribution < -0.4 is 15.0 Å². The summed E-state index contributed by atoms with van der Waals surface area (Å²) in [5, 5.41) is 17.5. The van der Waals surface area contributed by atoms with Crippen LogP contribution in [0.3, 0.4) is 0 Å². The monoisotopic (exact) mass is 606 g/mol. The van der Waals surface area contributed by atoms with Gasteiger partial charge in [-0.2, -0.15) is 0 Å². The van der Waals surface area contributed by atoms with Gasteiger partial charge in [0.2, 0.25) is 0 Å². The minimum absolute atomic E-state index is 0.0664. The summed E-state index contributed by atoms with van der Waals surface area (Å²) < 4.78 is 43.3. The summed E-state index contributed by atoms with van der Waals surface area (Å²) in [4.78, 5) is 25.3. The highest BCUT2D eigenvalue weighted by Crippen LogP contribution is 2.39. The molecular weight excluding hydrogens is 574 g/mol. The fraction of sp³-hybridized carbons (Fsp3) is 0.500. The Morgan fingerprint density at radius 3 is 2.71 bits per heavy atom. The second-order valence-electron chi connectivity index (χ2n) is 10.6. The van der Waals surface area contributed by atoms with Crippen molar-refractivity contribution in [3.05, 3.63) is 40.2 Å². The molecule has 5 rings (SSSR count). The van der Waals surface area contributed by atoms with Crippen LogP contribution >= 0.6 is 11.6 Å². The van der Waals surface area contributed by atoms with Gasteiger partial charge in [-0.05, 0) is 46.0 Å². The summed E-state index contributed by atoms with van der Waals surface area (Å²) in [7, 11) is 1.74. The van der Waals surface area contributed by atoms with E-state index in [9.17, 15) is 18.7 Å². The summed E-state index contributed by atoms with van der Waals surface area (Å²) in [6.45, 7) is 5.63. The van der Waals surface area contributed by atoms with Gasteiger partial charge in [-0.25, -0.2) is 23.5 Å². The van der Waals surface area contributed by atoms with Crippen LogP contribution in [-0.2, 0) is 4.74 Å². The molecule has 14 heteroatoms. The molecule has 0 unspecified atom stereocenters. The summed E-state index contributed by atoms with van der Waals surface area (Å²) in [5.41, 5.74) is 3.16. The normalized spacial score (nSPS) is 19.3. The van der Waals surface area contributed by atoms with E-state index in [1.807, 2.05) is 18.7 Å². The second kappa shape index (κ2) is 12.4. The first-order chi connectivity index (χ1) is 20.0. The molecule has 2 N–H and O–H groups in total. The highest BCUT2D eigenvalue weighted by molar-refractivity contribution is 6.33. The van der Waals surface area contributed by atoms with E-state index in [0.29, 0.717) is 70.2 Å². The average molecular weight is 607 g/mol. The number of ether oxygens (including phenoxy) is 2. The molecule has 0 radical (unpaired) electrons. The molecule has 42 heavy (non-hydrogen) atoms. The third-order valence-corrected chi connectivity index (χ3v) is 7.74. The van der Waals surface area contributed by atoms with E-state index in [4.69, 9.17) is 35.6 Å². The van der Waals surface area contributed by atoms with Crippen molar-refractivity contribution in [3.8, 4) is 28.4 Å². The Hall–Kier alpha value is -3.55. The Labute approximate surface area is 246 Å². The van der Waals surface area contributed by atoms with Gasteiger partial charge < -0.3 is 34.2 Å². The number of aliphatic hydroxyl groups is 1. The Morgan fingerprint density at radius 1 is 1.24 bits per heavy atom. The van der Waals surface area contributed by atoms with Gasteiger partial charge in [-0.1, -0.05) is 16.8 Å². The van der Waals surface area contributed by atoms with Gasteiger partial charge in [-0.15, -0.1) is 0 Å². The number of alkyl halides is 2. The number of aliphatic hydroxyl groups excluding tert-OH is 1. The Morgan fingerprint density at radius 2 is 2.02 bits per heavy atom. The van der Waals surface area contributed by atoms with Gasteiger partial charge in [0, 0.05) is 30.6 Å². The van der Waals surface area contributed by atoms with Crippen LogP contribution in [0.5, 0.6) is 5.75 Å². The third kappa shape index (κ3) is 6.13. The van der Waals surface area contributed by atoms with Gasteiger partial charge >= 0.3 is 6.09 Å². The zero-order valence-corrected chi connectivity index (χ0v) is 24.5. The molecule has 11 nitrogen and oxygen atoms in total. The molecule has 0 aliphatic carbocycles. The quantitative estimate of drug-likeness (QED) is 0.350. The average Bonchev–Trinajstić information content (AvgIpc) is 3.44. The van der Waals surface area contributed by atoms with Crippen molar-refractivity contribution in [2.24, 2.45) is 0 Å². The molecule has 1 amide bonds. The number of likely N-dealkylation sites (N-methyl/N-ethyl adjacent to an activating group) is 1. The van der Waals surface area contributed by atoms with E-state index in [-0.39, 0.29) is 19.2 Å². The largest absolute Gasteiger partial charge is 0.491 e. The van der Waals surface area contributed by atoms with Gasteiger partial charge in [0.05, 0.1) is 41.1 Å². The van der Waals surface area contributed by atoms with Crippen LogP contribution in [-0.4, -0.2) is 95.7 Å². The predicted octanol–water partition coefficient (Wildman–Crippen LogP) is 4.00. The Kier molecular flexibility index (Phi) is 8.81. The fourth-order valence-electron chi connectivity index (χ4n) is 5.48. The molecule has 1 aromatic carbocycles. The summed E-state index contributed by atoms with van der Waals surface area (Å²) in [6, 6.07) is 4.77. The van der Waals surface area contributed by atoms with Gasteiger partial charge in [-0.3, -0.25) is 0 Å². The third-order valence-electron chi connectivity index (χ3n) is 7.41. The van der Waals surface area contributed by atoms with Crippen molar-refractivity contribution in [1.82, 2.24) is 25.3 Å². The molecule has 2 fully saturated rings. The maximum absolute atomic E-state index is 13.2. The lowest BCUT2D eigenvalue weighted by atomic mass is 10.0. The molecule has 2 aliphatic heterocycles. The molecule has 3 atom stereocenters. The Balaban J connectivity index is 1.58. The lowest BCUT2D eigenvalue weighted by Crippen LogP contribution is -2.46. The van der Waals surface area contributed by atoms with E-state index >= 15 is 0 Å². The van der Waals surface area contributed by atoms with Gasteiger partial charge in [0.1, 0.15) is 36.1 Å². The first-order valence-electron chi connectivity index (χ1n) is 13.6. The maximum Gasteiger partial charge on any atom is 0.410 e. The van der Waals surface area contributed by atoms with Crippen molar-refractivity contribution in [2.75, 3.05) is 44.7 Å². The molecule has 0 spiro atoms. The van der Waals surface area contributed by atoms with Gasteiger partial charge in [0.25, 0.3) is 6.43 Å². The molecule has 2 bridgehead atoms. The molecule has 3 aromatic rings. The number of hydrogen-bond donors (Lipinski definition) is 2. The minimum atomic E-state index is -2.68. The Bertz CT molecular complexity index is 1440. The highest BCUT2D eigenvalue weighted by atomic mass is 35.5. The first kappa shape index (κ1) is 29.9. The summed E-state index contributed by atoms with van der Waals surface area (Å²) in [6.07, 6.45) is -4.13. The number of hydrogen-bond acceptors (Lipinski definition) is 10. The van der Waals surface area contributed by atoms with Crippen LogP contribution in [0.15, 0.2) is 22.7 Å². The highest BCUT2D eigenvalue weighted by Gasteiger charge is 2.42. The van der Waals surface area contributed by atoms with Crippen molar-refractivity contribution in [1.29, 1.82) is 0 Å². The molecule has 4 heterocycles. The number of fused-ring (bicyclic) bond motifs is 2. The number of nitrogens with one attached hydrogen (secondary N) is 1. The smallest absolute Gasteiger partial charge is 0.410 e. The number of benzene rings is 1. The number of nitrogens with zero attached hydrogens (tertiary/aromatic N) is 5. The SMILES string of the molecule is CNC[C@@H](O)COc1ccc(Cl)c(-c2nc(-c3c(C)noc3C)c(C)c(N3C[C@@H]4C[C@H]3CN(CC(F)F)C(=O)O4)n2)c1. The number of aromatic nitrogens is 3. The number of rotatable bonds is 10. The maximum atomic E-state index is 13.2.